The van der Waals surface area contributed by atoms with Gasteiger partial charge in [0.25, 0.3) is 0 Å². The highest BCUT2D eigenvalue weighted by atomic mass is 16.3. The van der Waals surface area contributed by atoms with Crippen LogP contribution < -0.4 is 5.32 Å². The van der Waals surface area contributed by atoms with Crippen molar-refractivity contribution in [1.29, 1.82) is 0 Å². The lowest BCUT2D eigenvalue weighted by Gasteiger charge is -2.52. The van der Waals surface area contributed by atoms with Gasteiger partial charge in [-0.3, -0.25) is 14.7 Å². The van der Waals surface area contributed by atoms with Gasteiger partial charge in [-0.1, -0.05) is 30.3 Å². The first-order valence-electron chi connectivity index (χ1n) is 13.0. The molecule has 2 aliphatic carbocycles. The first-order valence-corrected chi connectivity index (χ1v) is 13.0. The molecule has 192 valence electrons. The molecule has 1 saturated heterocycles. The maximum Gasteiger partial charge on any atom is 0.321 e. The molecule has 3 aliphatic rings. The number of urea groups is 1. The monoisotopic (exact) mass is 491 g/mol. The van der Waals surface area contributed by atoms with Gasteiger partial charge in [0, 0.05) is 30.2 Å². The van der Waals surface area contributed by atoms with Crippen LogP contribution in [0.25, 0.3) is 0 Å². The number of benzene rings is 1. The number of nitrogens with zero attached hydrogens (tertiary/aromatic N) is 4. The van der Waals surface area contributed by atoms with Gasteiger partial charge in [0.1, 0.15) is 6.54 Å². The molecule has 2 saturated carbocycles. The Bertz CT molecular complexity index is 1080. The molecule has 1 aromatic heterocycles. The molecule has 3 fully saturated rings. The summed E-state index contributed by atoms with van der Waals surface area (Å²) in [6.07, 6.45) is 9.14. The van der Waals surface area contributed by atoms with Crippen molar-refractivity contribution in [1.82, 2.24) is 19.7 Å². The number of β-amino-alcohol motifs (C(OH)–C–C–N with tert-alkyl or cyclic N) is 1. The molecule has 0 radical (unpaired) electrons. The summed E-state index contributed by atoms with van der Waals surface area (Å²) in [7, 11) is 4.27. The van der Waals surface area contributed by atoms with Crippen molar-refractivity contribution in [3.05, 3.63) is 60.4 Å². The van der Waals surface area contributed by atoms with E-state index in [0.717, 1.165) is 44.9 Å². The number of aromatic nitrogens is 1. The molecule has 8 nitrogen and oxygen atoms in total. The van der Waals surface area contributed by atoms with E-state index in [4.69, 9.17) is 0 Å². The number of nitrogens with one attached hydrogen (secondary N) is 1. The molecular formula is C28H37N5O3. The number of anilines is 1. The number of carbonyl (C=O) groups is 2. The standard InChI is InChI=1S/C28H37N5O3/c1-31(2)28(22-7-4-3-5-8-22)15-13-26(14-16-28)20-32(19-24(34)30-23-9-17-29-18-10-23)25(35)33(26)21-27(36)11-6-12-27/h3-5,7-10,17-18,36H,6,11-16,19-21H2,1-2H3,(H,29,30,34)/t26-,28+. The summed E-state index contributed by atoms with van der Waals surface area (Å²) in [6, 6.07) is 13.9. The average molecular weight is 492 g/mol. The van der Waals surface area contributed by atoms with Gasteiger partial charge in [-0.25, -0.2) is 4.79 Å². The molecule has 1 aromatic carbocycles. The van der Waals surface area contributed by atoms with E-state index in [1.807, 2.05) is 11.0 Å². The minimum atomic E-state index is -0.812. The number of hydrogen-bond donors (Lipinski definition) is 2. The molecule has 2 aromatic rings. The molecule has 0 atom stereocenters. The van der Waals surface area contributed by atoms with E-state index in [1.54, 1.807) is 29.4 Å². The number of pyridine rings is 1. The lowest BCUT2D eigenvalue weighted by Crippen LogP contribution is -2.59. The molecule has 2 heterocycles. The number of carbonyl (C=O) groups excluding carboxylic acids is 2. The first-order chi connectivity index (χ1) is 17.3. The van der Waals surface area contributed by atoms with Gasteiger partial charge in [0.2, 0.25) is 5.91 Å². The Morgan fingerprint density at radius 3 is 2.28 bits per heavy atom. The quantitative estimate of drug-likeness (QED) is 0.619. The Hall–Kier alpha value is -2.97. The van der Waals surface area contributed by atoms with Gasteiger partial charge in [-0.05, 0) is 76.7 Å². The molecule has 0 bridgehead atoms. The Labute approximate surface area is 213 Å². The lowest BCUT2D eigenvalue weighted by atomic mass is 9.67. The number of hydrogen-bond acceptors (Lipinski definition) is 5. The molecule has 8 heteroatoms. The Morgan fingerprint density at radius 1 is 1.03 bits per heavy atom. The second kappa shape index (κ2) is 9.48. The smallest absolute Gasteiger partial charge is 0.321 e. The van der Waals surface area contributed by atoms with E-state index >= 15 is 0 Å². The first kappa shape index (κ1) is 24.7. The van der Waals surface area contributed by atoms with E-state index in [0.29, 0.717) is 18.8 Å². The van der Waals surface area contributed by atoms with Crippen molar-refractivity contribution in [2.24, 2.45) is 0 Å². The summed E-state index contributed by atoms with van der Waals surface area (Å²) in [6.45, 7) is 0.841. The van der Waals surface area contributed by atoms with Crippen LogP contribution in [0.15, 0.2) is 54.9 Å². The zero-order valence-electron chi connectivity index (χ0n) is 21.3. The third-order valence-electron chi connectivity index (χ3n) is 8.77. The van der Waals surface area contributed by atoms with Crippen LogP contribution >= 0.6 is 0 Å². The third kappa shape index (κ3) is 4.48. The van der Waals surface area contributed by atoms with E-state index < -0.39 is 5.60 Å². The Kier molecular flexibility index (Phi) is 6.51. The van der Waals surface area contributed by atoms with Crippen LogP contribution in [0.5, 0.6) is 0 Å². The van der Waals surface area contributed by atoms with Gasteiger partial charge in [-0.2, -0.15) is 0 Å². The minimum absolute atomic E-state index is 0.00462. The van der Waals surface area contributed by atoms with Gasteiger partial charge < -0.3 is 20.2 Å². The maximum atomic E-state index is 13.7. The van der Waals surface area contributed by atoms with Gasteiger partial charge in [-0.15, -0.1) is 0 Å². The summed E-state index contributed by atoms with van der Waals surface area (Å²) in [5.41, 5.74) is 0.669. The summed E-state index contributed by atoms with van der Waals surface area (Å²) in [4.78, 5) is 36.4. The summed E-state index contributed by atoms with van der Waals surface area (Å²) >= 11 is 0. The Morgan fingerprint density at radius 2 is 1.69 bits per heavy atom. The number of rotatable bonds is 7. The van der Waals surface area contributed by atoms with E-state index in [2.05, 4.69) is 53.6 Å². The minimum Gasteiger partial charge on any atom is -0.388 e. The van der Waals surface area contributed by atoms with Crippen LogP contribution in [0, 0.1) is 0 Å². The van der Waals surface area contributed by atoms with E-state index in [1.165, 1.54) is 5.56 Å². The molecule has 1 spiro atoms. The predicted molar refractivity (Wildman–Crippen MR) is 138 cm³/mol. The van der Waals surface area contributed by atoms with Crippen LogP contribution in [0.4, 0.5) is 10.5 Å². The molecule has 3 amide bonds. The lowest BCUT2D eigenvalue weighted by molar-refractivity contribution is -0.116. The molecule has 36 heavy (non-hydrogen) atoms. The summed E-state index contributed by atoms with van der Waals surface area (Å²) in [5.74, 6) is -0.225. The molecule has 1 aliphatic heterocycles. The van der Waals surface area contributed by atoms with Gasteiger partial charge in [0.05, 0.1) is 17.7 Å². The third-order valence-corrected chi connectivity index (χ3v) is 8.77. The van der Waals surface area contributed by atoms with Crippen molar-refractivity contribution in [2.45, 2.75) is 61.6 Å². The largest absolute Gasteiger partial charge is 0.388 e. The van der Waals surface area contributed by atoms with Gasteiger partial charge >= 0.3 is 6.03 Å². The molecule has 2 N–H and O–H groups in total. The maximum absolute atomic E-state index is 13.7. The highest BCUT2D eigenvalue weighted by Crippen LogP contribution is 2.50. The van der Waals surface area contributed by atoms with Crippen LogP contribution in [0.1, 0.15) is 50.5 Å². The fraction of sp³-hybridized carbons (Fsp3) is 0.536. The van der Waals surface area contributed by atoms with Crippen molar-refractivity contribution in [2.75, 3.05) is 39.0 Å². The SMILES string of the molecule is CN(C)[C@]1(c2ccccc2)CC[C@]2(CC1)CN(CC(=O)Nc1ccncc1)C(=O)N2CC1(O)CCC1. The highest BCUT2D eigenvalue weighted by Gasteiger charge is 2.56. The van der Waals surface area contributed by atoms with Crippen LogP contribution in [0.3, 0.4) is 0 Å². The van der Waals surface area contributed by atoms with Crippen molar-refractivity contribution >= 4 is 17.6 Å². The zero-order valence-corrected chi connectivity index (χ0v) is 21.3. The van der Waals surface area contributed by atoms with E-state index in [9.17, 15) is 14.7 Å². The zero-order chi connectivity index (χ0) is 25.4. The highest BCUT2D eigenvalue weighted by molar-refractivity contribution is 5.94. The summed E-state index contributed by atoms with van der Waals surface area (Å²) in [5, 5.41) is 13.9. The fourth-order valence-electron chi connectivity index (χ4n) is 6.39. The number of aliphatic hydroxyl groups is 1. The predicted octanol–water partition coefficient (Wildman–Crippen LogP) is 3.44. The van der Waals surface area contributed by atoms with E-state index in [-0.39, 0.29) is 29.6 Å². The average Bonchev–Trinajstić information content (AvgIpc) is 3.09. The second-order valence-electron chi connectivity index (χ2n) is 11.1. The van der Waals surface area contributed by atoms with Crippen LogP contribution in [0.2, 0.25) is 0 Å². The number of amides is 3. The van der Waals surface area contributed by atoms with Gasteiger partial charge in [0.15, 0.2) is 0 Å². The molecule has 0 unspecified atom stereocenters. The van der Waals surface area contributed by atoms with Crippen LogP contribution in [-0.4, -0.2) is 81.6 Å². The molecular weight excluding hydrogens is 454 g/mol. The Balaban J connectivity index is 1.37. The second-order valence-corrected chi connectivity index (χ2v) is 11.1. The van der Waals surface area contributed by atoms with Crippen molar-refractivity contribution in [3.63, 3.8) is 0 Å². The fourth-order valence-corrected chi connectivity index (χ4v) is 6.39. The van der Waals surface area contributed by atoms with Crippen molar-refractivity contribution < 1.29 is 14.7 Å². The topological polar surface area (TPSA) is 89.0 Å². The van der Waals surface area contributed by atoms with Crippen molar-refractivity contribution in [3.8, 4) is 0 Å². The van der Waals surface area contributed by atoms with Crippen LogP contribution in [-0.2, 0) is 10.3 Å². The molecule has 5 rings (SSSR count). The normalized spacial score (nSPS) is 27.4. The summed E-state index contributed by atoms with van der Waals surface area (Å²) < 4.78 is 0.